The number of thiophene rings is 1. The van der Waals surface area contributed by atoms with Crippen LogP contribution in [0, 0.1) is 0 Å². The maximum Gasteiger partial charge on any atom is 0.243 e. The van der Waals surface area contributed by atoms with E-state index in [-0.39, 0.29) is 33.8 Å². The van der Waals surface area contributed by atoms with Crippen LogP contribution in [-0.2, 0) is 21.4 Å². The minimum absolute atomic E-state index is 0.0120. The van der Waals surface area contributed by atoms with E-state index in [0.29, 0.717) is 6.54 Å². The van der Waals surface area contributed by atoms with Crippen LogP contribution >= 0.6 is 34.5 Å². The topological polar surface area (TPSA) is 75.3 Å². The molecular formula is C20H18Cl2N2O3S2. The number of carbonyl (C=O) groups excluding carboxylic acids is 1. The largest absolute Gasteiger partial charge is 0.352 e. The highest BCUT2D eigenvalue weighted by molar-refractivity contribution is 7.89. The Bertz CT molecular complexity index is 1080. The van der Waals surface area contributed by atoms with Crippen molar-refractivity contribution in [1.29, 1.82) is 0 Å². The second-order valence-electron chi connectivity index (χ2n) is 6.14. The van der Waals surface area contributed by atoms with Crippen LogP contribution in [0.1, 0.15) is 12.0 Å². The second-order valence-corrected chi connectivity index (χ2v) is 9.44. The average Bonchev–Trinajstić information content (AvgIpc) is 3.20. The van der Waals surface area contributed by atoms with Gasteiger partial charge in [0.2, 0.25) is 15.9 Å². The summed E-state index contributed by atoms with van der Waals surface area (Å²) in [7, 11) is -3.91. The summed E-state index contributed by atoms with van der Waals surface area (Å²) in [5.41, 5.74) is 3.15. The van der Waals surface area contributed by atoms with Gasteiger partial charge in [0.25, 0.3) is 0 Å². The van der Waals surface area contributed by atoms with E-state index in [1.807, 2.05) is 35.7 Å². The lowest BCUT2D eigenvalue weighted by Crippen LogP contribution is -2.31. The number of halogens is 2. The van der Waals surface area contributed by atoms with Crippen LogP contribution in [0.5, 0.6) is 0 Å². The molecule has 0 bridgehead atoms. The third kappa shape index (κ3) is 5.58. The fourth-order valence-corrected chi connectivity index (χ4v) is 5.59. The zero-order valence-electron chi connectivity index (χ0n) is 15.2. The van der Waals surface area contributed by atoms with Gasteiger partial charge in [0, 0.05) is 19.5 Å². The van der Waals surface area contributed by atoms with Crippen LogP contribution in [0.25, 0.3) is 11.1 Å². The first-order chi connectivity index (χ1) is 13.9. The quantitative estimate of drug-likeness (QED) is 0.502. The highest BCUT2D eigenvalue weighted by Gasteiger charge is 2.21. The standard InChI is InChI=1S/C20H18Cl2N2O3S2/c21-17-6-3-7-18(22)20(17)29(26,27)24-10-8-19(25)23-12-14-4-1-2-5-16(14)15-9-11-28-13-15/h1-7,9,11,13,24H,8,10,12H2,(H,23,25). The number of benzene rings is 2. The third-order valence-corrected chi connectivity index (χ3v) is 7.26. The van der Waals surface area contributed by atoms with Crippen LogP contribution < -0.4 is 10.0 Å². The molecule has 5 nitrogen and oxygen atoms in total. The Hall–Kier alpha value is -1.90. The summed E-state index contributed by atoms with van der Waals surface area (Å²) in [5.74, 6) is -0.266. The summed E-state index contributed by atoms with van der Waals surface area (Å²) >= 11 is 13.5. The van der Waals surface area contributed by atoms with Crippen LogP contribution in [0.2, 0.25) is 10.0 Å². The van der Waals surface area contributed by atoms with E-state index >= 15 is 0 Å². The molecule has 0 fully saturated rings. The first-order valence-electron chi connectivity index (χ1n) is 8.69. The molecule has 1 amide bonds. The number of carbonyl (C=O) groups is 1. The molecule has 0 unspecified atom stereocenters. The van der Waals surface area contributed by atoms with Crippen molar-refractivity contribution in [3.05, 3.63) is 74.9 Å². The molecule has 9 heteroatoms. The number of nitrogens with one attached hydrogen (secondary N) is 2. The molecule has 1 heterocycles. The zero-order chi connectivity index (χ0) is 20.9. The van der Waals surface area contributed by atoms with E-state index < -0.39 is 10.0 Å². The Morgan fingerprint density at radius 1 is 1.00 bits per heavy atom. The Kier molecular flexibility index (Phi) is 7.32. The molecule has 0 saturated heterocycles. The van der Waals surface area contributed by atoms with Gasteiger partial charge in [-0.05, 0) is 45.6 Å². The molecule has 0 saturated carbocycles. The predicted molar refractivity (Wildman–Crippen MR) is 118 cm³/mol. The van der Waals surface area contributed by atoms with Crippen molar-refractivity contribution < 1.29 is 13.2 Å². The fourth-order valence-electron chi connectivity index (χ4n) is 2.77. The molecule has 3 aromatic rings. The van der Waals surface area contributed by atoms with Crippen LogP contribution in [0.4, 0.5) is 0 Å². The lowest BCUT2D eigenvalue weighted by molar-refractivity contribution is -0.121. The van der Waals surface area contributed by atoms with Gasteiger partial charge in [-0.15, -0.1) is 0 Å². The molecular weight excluding hydrogens is 451 g/mol. The van der Waals surface area contributed by atoms with Crippen molar-refractivity contribution in [2.75, 3.05) is 6.54 Å². The number of rotatable bonds is 8. The average molecular weight is 469 g/mol. The minimum atomic E-state index is -3.91. The lowest BCUT2D eigenvalue weighted by atomic mass is 10.0. The molecule has 0 radical (unpaired) electrons. The van der Waals surface area contributed by atoms with Gasteiger partial charge in [-0.3, -0.25) is 4.79 Å². The minimum Gasteiger partial charge on any atom is -0.352 e. The van der Waals surface area contributed by atoms with E-state index in [4.69, 9.17) is 23.2 Å². The van der Waals surface area contributed by atoms with Crippen molar-refractivity contribution in [3.8, 4) is 11.1 Å². The Morgan fingerprint density at radius 2 is 1.72 bits per heavy atom. The molecule has 1 aromatic heterocycles. The van der Waals surface area contributed by atoms with Crippen LogP contribution in [0.3, 0.4) is 0 Å². The van der Waals surface area contributed by atoms with Crippen molar-refractivity contribution in [2.24, 2.45) is 0 Å². The molecule has 29 heavy (non-hydrogen) atoms. The maximum atomic E-state index is 12.4. The summed E-state index contributed by atoms with van der Waals surface area (Å²) in [6.07, 6.45) is -0.0120. The van der Waals surface area contributed by atoms with Gasteiger partial charge in [0.15, 0.2) is 0 Å². The molecule has 2 aromatic carbocycles. The Labute approximate surface area is 183 Å². The van der Waals surface area contributed by atoms with Crippen molar-refractivity contribution >= 4 is 50.5 Å². The smallest absolute Gasteiger partial charge is 0.243 e. The van der Waals surface area contributed by atoms with Crippen LogP contribution in [0.15, 0.2) is 64.2 Å². The number of hydrogen-bond acceptors (Lipinski definition) is 4. The summed E-state index contributed by atoms with van der Waals surface area (Å²) in [6, 6.07) is 14.3. The Balaban J connectivity index is 1.55. The molecule has 2 N–H and O–H groups in total. The van der Waals surface area contributed by atoms with Crippen LogP contribution in [-0.4, -0.2) is 20.9 Å². The molecule has 0 spiro atoms. The monoisotopic (exact) mass is 468 g/mol. The first-order valence-corrected chi connectivity index (χ1v) is 11.9. The van der Waals surface area contributed by atoms with Crippen molar-refractivity contribution in [2.45, 2.75) is 17.9 Å². The number of amides is 1. The van der Waals surface area contributed by atoms with Gasteiger partial charge in [-0.1, -0.05) is 53.5 Å². The molecule has 152 valence electrons. The number of hydrogen-bond donors (Lipinski definition) is 2. The molecule has 0 aliphatic rings. The fraction of sp³-hybridized carbons (Fsp3) is 0.150. The second kappa shape index (κ2) is 9.73. The van der Waals surface area contributed by atoms with Crippen molar-refractivity contribution in [3.63, 3.8) is 0 Å². The van der Waals surface area contributed by atoms with E-state index in [1.54, 1.807) is 17.4 Å². The van der Waals surface area contributed by atoms with E-state index in [2.05, 4.69) is 15.4 Å². The van der Waals surface area contributed by atoms with E-state index in [9.17, 15) is 13.2 Å². The van der Waals surface area contributed by atoms with Gasteiger partial charge in [0.05, 0.1) is 10.0 Å². The highest BCUT2D eigenvalue weighted by Crippen LogP contribution is 2.28. The van der Waals surface area contributed by atoms with Gasteiger partial charge < -0.3 is 5.32 Å². The molecule has 0 aliphatic heterocycles. The summed E-state index contributed by atoms with van der Waals surface area (Å²) in [5, 5.41) is 6.94. The van der Waals surface area contributed by atoms with E-state index in [1.165, 1.54) is 12.1 Å². The van der Waals surface area contributed by atoms with Gasteiger partial charge in [0.1, 0.15) is 4.90 Å². The van der Waals surface area contributed by atoms with Gasteiger partial charge >= 0.3 is 0 Å². The SMILES string of the molecule is O=C(CCNS(=O)(=O)c1c(Cl)cccc1Cl)NCc1ccccc1-c1ccsc1. The molecule has 3 rings (SSSR count). The number of sulfonamides is 1. The van der Waals surface area contributed by atoms with Gasteiger partial charge in [-0.2, -0.15) is 11.3 Å². The predicted octanol–water partition coefficient (Wildman–Crippen LogP) is 4.71. The maximum absolute atomic E-state index is 12.4. The molecule has 0 aliphatic carbocycles. The van der Waals surface area contributed by atoms with E-state index in [0.717, 1.165) is 16.7 Å². The Morgan fingerprint density at radius 3 is 2.41 bits per heavy atom. The normalized spacial score (nSPS) is 11.4. The first kappa shape index (κ1) is 21.8. The third-order valence-electron chi connectivity index (χ3n) is 4.16. The summed E-state index contributed by atoms with van der Waals surface area (Å²) in [6.45, 7) is 0.288. The summed E-state index contributed by atoms with van der Waals surface area (Å²) in [4.78, 5) is 12.0. The lowest BCUT2D eigenvalue weighted by Gasteiger charge is -2.11. The summed E-state index contributed by atoms with van der Waals surface area (Å²) < 4.78 is 27.2. The molecule has 0 atom stereocenters. The highest BCUT2D eigenvalue weighted by atomic mass is 35.5. The van der Waals surface area contributed by atoms with Gasteiger partial charge in [-0.25, -0.2) is 13.1 Å². The zero-order valence-corrected chi connectivity index (χ0v) is 18.3. The van der Waals surface area contributed by atoms with Crippen molar-refractivity contribution in [1.82, 2.24) is 10.0 Å².